The zero-order valence-corrected chi connectivity index (χ0v) is 17.3. The van der Waals surface area contributed by atoms with Crippen LogP contribution < -0.4 is 15.4 Å². The molecule has 0 spiro atoms. The van der Waals surface area contributed by atoms with Crippen molar-refractivity contribution < 1.29 is 14.3 Å². The number of hydrogen-bond acceptors (Lipinski definition) is 3. The Balaban J connectivity index is 1.53. The van der Waals surface area contributed by atoms with Crippen molar-refractivity contribution in [2.75, 3.05) is 10.6 Å². The first-order valence-electron chi connectivity index (χ1n) is 10.1. The number of nitrogens with one attached hydrogen (secondary N) is 2. The van der Waals surface area contributed by atoms with Gasteiger partial charge in [0.1, 0.15) is 11.5 Å². The molecule has 0 aliphatic heterocycles. The number of anilines is 2. The van der Waals surface area contributed by atoms with E-state index in [1.165, 1.54) is 0 Å². The van der Waals surface area contributed by atoms with Crippen LogP contribution in [0.3, 0.4) is 0 Å². The number of Topliss-reactive ketones (excluding diaryl/α,β-unsaturated/α-hetero) is 1. The van der Waals surface area contributed by atoms with E-state index in [0.717, 1.165) is 24.1 Å². The molecule has 30 heavy (non-hydrogen) atoms. The topological polar surface area (TPSA) is 67.4 Å². The molecule has 154 valence electrons. The molecule has 0 heterocycles. The Kier molecular flexibility index (Phi) is 7.22. The molecule has 2 amide bonds. The molecule has 0 aliphatic rings. The van der Waals surface area contributed by atoms with E-state index in [4.69, 9.17) is 4.74 Å². The van der Waals surface area contributed by atoms with Gasteiger partial charge in [-0.2, -0.15) is 0 Å². The van der Waals surface area contributed by atoms with Gasteiger partial charge in [0.15, 0.2) is 5.78 Å². The van der Waals surface area contributed by atoms with Crippen LogP contribution in [0.4, 0.5) is 16.2 Å². The summed E-state index contributed by atoms with van der Waals surface area (Å²) in [6.07, 6.45) is 2.48. The Hall–Kier alpha value is -3.60. The number of ether oxygens (including phenoxy) is 1. The number of benzene rings is 3. The number of unbranched alkanes of at least 4 members (excludes halogenated alkanes) is 1. The fourth-order valence-electron chi connectivity index (χ4n) is 2.86. The van der Waals surface area contributed by atoms with Gasteiger partial charge in [0.05, 0.1) is 0 Å². The fourth-order valence-corrected chi connectivity index (χ4v) is 2.86. The zero-order chi connectivity index (χ0) is 21.3. The van der Waals surface area contributed by atoms with Crippen LogP contribution in [-0.2, 0) is 0 Å². The van der Waals surface area contributed by atoms with Crippen molar-refractivity contribution in [3.63, 3.8) is 0 Å². The lowest BCUT2D eigenvalue weighted by molar-refractivity contribution is 0.0979. The molecule has 0 aliphatic carbocycles. The van der Waals surface area contributed by atoms with Crippen molar-refractivity contribution in [3.8, 4) is 11.5 Å². The van der Waals surface area contributed by atoms with Crippen molar-refractivity contribution in [2.45, 2.75) is 33.1 Å². The highest BCUT2D eigenvalue weighted by atomic mass is 16.5. The summed E-state index contributed by atoms with van der Waals surface area (Å²) in [6, 6.07) is 21.5. The van der Waals surface area contributed by atoms with Crippen molar-refractivity contribution >= 4 is 23.2 Å². The third kappa shape index (κ3) is 6.21. The SMILES string of the molecule is CCCCC(=O)c1ccc(Oc2ccc(NC(=O)Nc3ccc(C)cc3)cc2)cc1. The number of hydrogen-bond donors (Lipinski definition) is 2. The Morgan fingerprint density at radius 2 is 1.27 bits per heavy atom. The average Bonchev–Trinajstić information content (AvgIpc) is 2.75. The van der Waals surface area contributed by atoms with Gasteiger partial charge in [-0.15, -0.1) is 0 Å². The Morgan fingerprint density at radius 1 is 0.767 bits per heavy atom. The van der Waals surface area contributed by atoms with Crippen LogP contribution in [0.25, 0.3) is 0 Å². The maximum atomic E-state index is 12.1. The molecule has 0 saturated heterocycles. The summed E-state index contributed by atoms with van der Waals surface area (Å²) in [4.78, 5) is 24.2. The summed E-state index contributed by atoms with van der Waals surface area (Å²) in [5.74, 6) is 1.45. The molecule has 5 nitrogen and oxygen atoms in total. The van der Waals surface area contributed by atoms with E-state index >= 15 is 0 Å². The van der Waals surface area contributed by atoms with Crippen molar-refractivity contribution in [3.05, 3.63) is 83.9 Å². The van der Waals surface area contributed by atoms with Crippen LogP contribution in [0.15, 0.2) is 72.8 Å². The van der Waals surface area contributed by atoms with Crippen LogP contribution in [0.1, 0.15) is 42.1 Å². The molecule has 3 aromatic carbocycles. The van der Waals surface area contributed by atoms with Crippen LogP contribution in [0.5, 0.6) is 11.5 Å². The molecule has 0 atom stereocenters. The number of carbonyl (C=O) groups excluding carboxylic acids is 2. The first-order chi connectivity index (χ1) is 14.5. The number of carbonyl (C=O) groups is 2. The van der Waals surface area contributed by atoms with Gasteiger partial charge < -0.3 is 15.4 Å². The number of rotatable bonds is 8. The fraction of sp³-hybridized carbons (Fsp3) is 0.200. The molecule has 0 bridgehead atoms. The molecule has 0 radical (unpaired) electrons. The normalized spacial score (nSPS) is 10.3. The molecule has 2 N–H and O–H groups in total. The lowest BCUT2D eigenvalue weighted by atomic mass is 10.1. The van der Waals surface area contributed by atoms with Crippen LogP contribution >= 0.6 is 0 Å². The minimum Gasteiger partial charge on any atom is -0.457 e. The molecule has 0 unspecified atom stereocenters. The van der Waals surface area contributed by atoms with E-state index in [0.29, 0.717) is 29.2 Å². The van der Waals surface area contributed by atoms with Gasteiger partial charge >= 0.3 is 6.03 Å². The average molecular weight is 402 g/mol. The van der Waals surface area contributed by atoms with Crippen molar-refractivity contribution in [1.29, 1.82) is 0 Å². The van der Waals surface area contributed by atoms with Crippen LogP contribution in [0, 0.1) is 6.92 Å². The summed E-state index contributed by atoms with van der Waals surface area (Å²) in [6.45, 7) is 4.07. The summed E-state index contributed by atoms with van der Waals surface area (Å²) in [7, 11) is 0. The van der Waals surface area contributed by atoms with Gasteiger partial charge in [-0.1, -0.05) is 31.0 Å². The molecule has 5 heteroatoms. The van der Waals surface area contributed by atoms with E-state index in [1.54, 1.807) is 48.5 Å². The third-order valence-corrected chi connectivity index (χ3v) is 4.59. The monoisotopic (exact) mass is 402 g/mol. The smallest absolute Gasteiger partial charge is 0.323 e. The van der Waals surface area contributed by atoms with Gasteiger partial charge in [0.2, 0.25) is 0 Å². The van der Waals surface area contributed by atoms with Crippen LogP contribution in [0.2, 0.25) is 0 Å². The predicted molar refractivity (Wildman–Crippen MR) is 121 cm³/mol. The van der Waals surface area contributed by atoms with E-state index in [-0.39, 0.29) is 11.8 Å². The molecule has 3 rings (SSSR count). The summed E-state index contributed by atoms with van der Waals surface area (Å²) in [5.41, 5.74) is 3.22. The Morgan fingerprint density at radius 3 is 1.80 bits per heavy atom. The molecule has 0 saturated carbocycles. The van der Waals surface area contributed by atoms with E-state index < -0.39 is 0 Å². The Bertz CT molecular complexity index is 978. The zero-order valence-electron chi connectivity index (χ0n) is 17.3. The maximum Gasteiger partial charge on any atom is 0.323 e. The van der Waals surface area contributed by atoms with Gasteiger partial charge in [0, 0.05) is 23.4 Å². The number of urea groups is 1. The minimum absolute atomic E-state index is 0.155. The Labute approximate surface area is 177 Å². The lowest BCUT2D eigenvalue weighted by Crippen LogP contribution is -2.19. The maximum absolute atomic E-state index is 12.1. The minimum atomic E-state index is -0.309. The second kappa shape index (κ2) is 10.3. The van der Waals surface area contributed by atoms with Crippen LogP contribution in [-0.4, -0.2) is 11.8 Å². The number of aryl methyl sites for hydroxylation is 1. The molecule has 0 aromatic heterocycles. The second-order valence-electron chi connectivity index (χ2n) is 7.12. The summed E-state index contributed by atoms with van der Waals surface area (Å²) >= 11 is 0. The largest absolute Gasteiger partial charge is 0.457 e. The quantitative estimate of drug-likeness (QED) is 0.407. The molecular formula is C25H26N2O3. The highest BCUT2D eigenvalue weighted by Gasteiger charge is 2.06. The number of amides is 2. The third-order valence-electron chi connectivity index (χ3n) is 4.59. The van der Waals surface area contributed by atoms with E-state index in [1.807, 2.05) is 31.2 Å². The van der Waals surface area contributed by atoms with Gasteiger partial charge in [-0.3, -0.25) is 4.79 Å². The molecule has 0 fully saturated rings. The van der Waals surface area contributed by atoms with E-state index in [9.17, 15) is 9.59 Å². The standard InChI is InChI=1S/C25H26N2O3/c1-3-4-5-24(28)19-8-14-22(15-9-19)30-23-16-12-21(13-17-23)27-25(29)26-20-10-6-18(2)7-11-20/h6-17H,3-5H2,1-2H3,(H2,26,27,29). The van der Waals surface area contributed by atoms with Gasteiger partial charge in [0.25, 0.3) is 0 Å². The van der Waals surface area contributed by atoms with Crippen molar-refractivity contribution in [2.24, 2.45) is 0 Å². The van der Waals surface area contributed by atoms with Gasteiger partial charge in [-0.25, -0.2) is 4.79 Å². The lowest BCUT2D eigenvalue weighted by Gasteiger charge is -2.10. The molecule has 3 aromatic rings. The number of ketones is 1. The summed E-state index contributed by atoms with van der Waals surface area (Å²) < 4.78 is 5.82. The van der Waals surface area contributed by atoms with Gasteiger partial charge in [-0.05, 0) is 74.0 Å². The highest BCUT2D eigenvalue weighted by Crippen LogP contribution is 2.24. The van der Waals surface area contributed by atoms with Crippen molar-refractivity contribution in [1.82, 2.24) is 0 Å². The van der Waals surface area contributed by atoms with E-state index in [2.05, 4.69) is 17.6 Å². The second-order valence-corrected chi connectivity index (χ2v) is 7.12. The first-order valence-corrected chi connectivity index (χ1v) is 10.1. The molecular weight excluding hydrogens is 376 g/mol. The summed E-state index contributed by atoms with van der Waals surface area (Å²) in [5, 5.41) is 5.58. The highest BCUT2D eigenvalue weighted by molar-refractivity contribution is 5.99. The predicted octanol–water partition coefficient (Wildman–Crippen LogP) is 6.80. The first kappa shape index (κ1) is 21.1.